The number of hydrogen-bond acceptors (Lipinski definition) is 2. The van der Waals surface area contributed by atoms with Gasteiger partial charge in [-0.15, -0.1) is 0 Å². The molecule has 1 aromatic rings. The fourth-order valence-corrected chi connectivity index (χ4v) is 0.535. The van der Waals surface area contributed by atoms with E-state index in [1.165, 1.54) is 12.3 Å². The van der Waals surface area contributed by atoms with E-state index in [2.05, 4.69) is 4.98 Å². The van der Waals surface area contributed by atoms with Crippen molar-refractivity contribution in [1.82, 2.24) is 4.98 Å². The first kappa shape index (κ1) is 9.29. The zero-order valence-electron chi connectivity index (χ0n) is 4.89. The molecule has 0 aliphatic carbocycles. The van der Waals surface area contributed by atoms with Crippen molar-refractivity contribution in [3.8, 4) is 0 Å². The summed E-state index contributed by atoms with van der Waals surface area (Å²) in [6, 6.07) is 1.36. The number of carbonyl (C=O) groups is 1. The van der Waals surface area contributed by atoms with Crippen LogP contribution in [0.15, 0.2) is 12.3 Å². The minimum absolute atomic E-state index is 0. The minimum Gasteiger partial charge on any atom is -0.477 e. The van der Waals surface area contributed by atoms with Crippen LogP contribution in [0, 0.1) is 0 Å². The Balaban J connectivity index is 0.000000810. The van der Waals surface area contributed by atoms with Crippen LogP contribution in [0.25, 0.3) is 0 Å². The van der Waals surface area contributed by atoms with Crippen LogP contribution in [0.1, 0.15) is 10.5 Å². The van der Waals surface area contributed by atoms with Crippen LogP contribution in [-0.2, 0) is 22.4 Å². The standard InChI is InChI=1S/C5H6N2O2.Ag/c6-3-1-4(5(8)9)7-2-3;/h1-2,7H,6H2,(H,8,9);. The molecule has 0 fully saturated rings. The average Bonchev–Trinajstić information content (AvgIpc) is 2.14. The summed E-state index contributed by atoms with van der Waals surface area (Å²) < 4.78 is 0. The van der Waals surface area contributed by atoms with Gasteiger partial charge in [0.15, 0.2) is 0 Å². The number of rotatable bonds is 1. The van der Waals surface area contributed by atoms with Gasteiger partial charge < -0.3 is 15.8 Å². The van der Waals surface area contributed by atoms with Gasteiger partial charge in [0.1, 0.15) is 5.69 Å². The molecule has 0 spiro atoms. The molecule has 0 atom stereocenters. The minimum atomic E-state index is -0.994. The number of aromatic amines is 1. The summed E-state index contributed by atoms with van der Waals surface area (Å²) >= 11 is 0. The second-order valence-electron chi connectivity index (χ2n) is 1.65. The predicted molar refractivity (Wildman–Crippen MR) is 32.2 cm³/mol. The summed E-state index contributed by atoms with van der Waals surface area (Å²) in [4.78, 5) is 12.6. The van der Waals surface area contributed by atoms with Gasteiger partial charge in [-0.05, 0) is 6.07 Å². The molecule has 1 aromatic heterocycles. The summed E-state index contributed by atoms with van der Waals surface area (Å²) in [7, 11) is 0. The Hall–Kier alpha value is -0.710. The first-order valence-electron chi connectivity index (χ1n) is 2.37. The summed E-state index contributed by atoms with van der Waals surface area (Å²) in [5, 5.41) is 8.31. The van der Waals surface area contributed by atoms with Crippen molar-refractivity contribution in [2.24, 2.45) is 0 Å². The number of anilines is 1. The summed E-state index contributed by atoms with van der Waals surface area (Å²) in [5.74, 6) is -0.994. The summed E-state index contributed by atoms with van der Waals surface area (Å²) in [6.45, 7) is 0. The normalized spacial score (nSPS) is 8.40. The van der Waals surface area contributed by atoms with Crippen LogP contribution < -0.4 is 5.73 Å². The quantitative estimate of drug-likeness (QED) is 0.611. The molecule has 1 rings (SSSR count). The van der Waals surface area contributed by atoms with Gasteiger partial charge in [-0.1, -0.05) is 0 Å². The monoisotopic (exact) mass is 233 g/mol. The van der Waals surface area contributed by atoms with Crippen molar-refractivity contribution in [3.63, 3.8) is 0 Å². The molecule has 1 radical (unpaired) electrons. The number of nitrogens with two attached hydrogens (primary N) is 1. The molecule has 0 aliphatic rings. The van der Waals surface area contributed by atoms with E-state index in [0.29, 0.717) is 5.69 Å². The number of carboxylic acid groups (broad SMARTS) is 1. The van der Waals surface area contributed by atoms with Gasteiger partial charge in [-0.25, -0.2) is 4.79 Å². The number of hydrogen-bond donors (Lipinski definition) is 3. The van der Waals surface area contributed by atoms with Crippen LogP contribution in [0.5, 0.6) is 0 Å². The van der Waals surface area contributed by atoms with Gasteiger partial charge in [0, 0.05) is 28.6 Å². The van der Waals surface area contributed by atoms with E-state index in [1.54, 1.807) is 0 Å². The van der Waals surface area contributed by atoms with Crippen LogP contribution in [0.2, 0.25) is 0 Å². The molecular weight excluding hydrogens is 228 g/mol. The third-order valence-electron chi connectivity index (χ3n) is 0.936. The molecule has 0 aliphatic heterocycles. The molecule has 0 unspecified atom stereocenters. The van der Waals surface area contributed by atoms with Crippen molar-refractivity contribution in [3.05, 3.63) is 18.0 Å². The second-order valence-corrected chi connectivity index (χ2v) is 1.65. The van der Waals surface area contributed by atoms with Crippen molar-refractivity contribution < 1.29 is 32.3 Å². The van der Waals surface area contributed by atoms with Crippen LogP contribution in [-0.4, -0.2) is 16.1 Å². The topological polar surface area (TPSA) is 79.1 Å². The number of carboxylic acids is 1. The number of aromatic carboxylic acids is 1. The molecule has 0 amide bonds. The zero-order valence-corrected chi connectivity index (χ0v) is 6.37. The molecule has 1 heterocycles. The molecule has 0 saturated heterocycles. The Labute approximate surface area is 72.9 Å². The maximum Gasteiger partial charge on any atom is 0.352 e. The molecular formula is C5H6AgN2O2. The van der Waals surface area contributed by atoms with E-state index >= 15 is 0 Å². The molecule has 0 aromatic carbocycles. The van der Waals surface area contributed by atoms with Crippen molar-refractivity contribution in [1.29, 1.82) is 0 Å². The van der Waals surface area contributed by atoms with E-state index in [9.17, 15) is 4.79 Å². The van der Waals surface area contributed by atoms with Crippen molar-refractivity contribution in [2.45, 2.75) is 0 Å². The number of nitrogen functional groups attached to an aromatic ring is 1. The Morgan fingerprint density at radius 2 is 2.30 bits per heavy atom. The average molecular weight is 234 g/mol. The SMILES string of the molecule is Nc1c[nH]c(C(=O)O)c1.[Ag]. The number of nitrogens with one attached hydrogen (secondary N) is 1. The maximum atomic E-state index is 10.1. The van der Waals surface area contributed by atoms with Crippen molar-refractivity contribution in [2.75, 3.05) is 5.73 Å². The van der Waals surface area contributed by atoms with Crippen LogP contribution >= 0.6 is 0 Å². The fourth-order valence-electron chi connectivity index (χ4n) is 0.535. The Morgan fingerprint density at radius 3 is 2.50 bits per heavy atom. The Bertz CT molecular complexity index is 233. The van der Waals surface area contributed by atoms with Gasteiger partial charge in [0.2, 0.25) is 0 Å². The van der Waals surface area contributed by atoms with E-state index in [0.717, 1.165) is 0 Å². The van der Waals surface area contributed by atoms with Crippen LogP contribution in [0.4, 0.5) is 5.69 Å². The van der Waals surface area contributed by atoms with Crippen LogP contribution in [0.3, 0.4) is 0 Å². The molecule has 59 valence electrons. The van der Waals surface area contributed by atoms with E-state index in [4.69, 9.17) is 10.8 Å². The third kappa shape index (κ3) is 1.91. The van der Waals surface area contributed by atoms with E-state index < -0.39 is 5.97 Å². The molecule has 4 nitrogen and oxygen atoms in total. The third-order valence-corrected chi connectivity index (χ3v) is 0.936. The Morgan fingerprint density at radius 1 is 1.70 bits per heavy atom. The second kappa shape index (κ2) is 3.46. The number of aromatic nitrogens is 1. The largest absolute Gasteiger partial charge is 0.477 e. The van der Waals surface area contributed by atoms with Gasteiger partial charge in [-0.2, -0.15) is 0 Å². The van der Waals surface area contributed by atoms with Gasteiger partial charge >= 0.3 is 5.97 Å². The fraction of sp³-hybridized carbons (Fsp3) is 0. The Kier molecular flexibility index (Phi) is 3.21. The predicted octanol–water partition coefficient (Wildman–Crippen LogP) is 0.293. The molecule has 10 heavy (non-hydrogen) atoms. The first-order valence-corrected chi connectivity index (χ1v) is 2.37. The van der Waals surface area contributed by atoms with Crippen molar-refractivity contribution >= 4 is 11.7 Å². The molecule has 4 N–H and O–H groups in total. The smallest absolute Gasteiger partial charge is 0.352 e. The first-order chi connectivity index (χ1) is 4.20. The van der Waals surface area contributed by atoms with Gasteiger partial charge in [0.25, 0.3) is 0 Å². The maximum absolute atomic E-state index is 10.1. The molecule has 0 saturated carbocycles. The van der Waals surface area contributed by atoms with E-state index in [1.807, 2.05) is 0 Å². The van der Waals surface area contributed by atoms with E-state index in [-0.39, 0.29) is 28.1 Å². The number of H-pyrrole nitrogens is 1. The summed E-state index contributed by atoms with van der Waals surface area (Å²) in [6.07, 6.45) is 1.43. The summed E-state index contributed by atoms with van der Waals surface area (Å²) in [5.41, 5.74) is 5.78. The zero-order chi connectivity index (χ0) is 6.85. The van der Waals surface area contributed by atoms with Gasteiger partial charge in [-0.3, -0.25) is 0 Å². The molecule has 5 heteroatoms. The molecule has 0 bridgehead atoms. The van der Waals surface area contributed by atoms with Gasteiger partial charge in [0.05, 0.1) is 5.69 Å².